The lowest BCUT2D eigenvalue weighted by atomic mass is 10.0. The Morgan fingerprint density at radius 1 is 0.591 bits per heavy atom. The van der Waals surface area contributed by atoms with E-state index in [4.69, 9.17) is 9.98 Å². The molecule has 1 aliphatic rings. The maximum Gasteiger partial charge on any atom is 0.169 e. The smallest absolute Gasteiger partial charge is 0.169 e. The van der Waals surface area contributed by atoms with Gasteiger partial charge in [-0.3, -0.25) is 0 Å². The van der Waals surface area contributed by atoms with Crippen LogP contribution in [0.25, 0.3) is 58.8 Å². The van der Waals surface area contributed by atoms with Crippen molar-refractivity contribution >= 4 is 65.5 Å². The zero-order valence-electron chi connectivity index (χ0n) is 23.7. The van der Waals surface area contributed by atoms with Gasteiger partial charge in [-0.15, -0.1) is 11.3 Å². The van der Waals surface area contributed by atoms with Gasteiger partial charge in [-0.25, -0.2) is 9.98 Å². The van der Waals surface area contributed by atoms with Crippen molar-refractivity contribution in [3.63, 3.8) is 0 Å². The summed E-state index contributed by atoms with van der Waals surface area (Å²) in [6.45, 7) is 0. The number of hydrogen-bond donors (Lipinski definition) is 1. The third kappa shape index (κ3) is 3.98. The molecule has 0 aliphatic carbocycles. The van der Waals surface area contributed by atoms with Gasteiger partial charge in [0.1, 0.15) is 5.84 Å². The van der Waals surface area contributed by atoms with E-state index in [-0.39, 0.29) is 6.17 Å². The second-order valence-electron chi connectivity index (χ2n) is 11.1. The summed E-state index contributed by atoms with van der Waals surface area (Å²) in [6, 6.07) is 49.6. The van der Waals surface area contributed by atoms with Crippen molar-refractivity contribution in [2.24, 2.45) is 9.98 Å². The van der Waals surface area contributed by atoms with Gasteiger partial charge in [-0.1, -0.05) is 103 Å². The minimum absolute atomic E-state index is 0.345. The van der Waals surface area contributed by atoms with Gasteiger partial charge < -0.3 is 9.88 Å². The monoisotopic (exact) mass is 582 g/mol. The molecule has 0 amide bonds. The van der Waals surface area contributed by atoms with E-state index in [2.05, 4.69) is 143 Å². The van der Waals surface area contributed by atoms with Crippen LogP contribution in [0.4, 0.5) is 0 Å². The standard InChI is InChI=1S/C39H26N4S/c1-3-10-25(11-4-1)26-12-9-13-27(22-26)38-40-24-41-39(42-38)28-18-19-32-34(23-28)43(29-14-5-2-6-15-29)33-21-20-31-30-16-7-8-17-35(30)44-37(31)36(32)33/h1-24,39H,(H,40,41,42). The van der Waals surface area contributed by atoms with E-state index >= 15 is 0 Å². The fourth-order valence-electron chi connectivity index (χ4n) is 6.47. The quantitative estimate of drug-likeness (QED) is 0.220. The highest BCUT2D eigenvalue weighted by atomic mass is 32.1. The number of thiophene rings is 1. The average molecular weight is 583 g/mol. The van der Waals surface area contributed by atoms with E-state index in [0.29, 0.717) is 0 Å². The third-order valence-electron chi connectivity index (χ3n) is 8.52. The van der Waals surface area contributed by atoms with E-state index in [1.54, 1.807) is 6.34 Å². The van der Waals surface area contributed by atoms with Crippen LogP contribution in [0.15, 0.2) is 150 Å². The van der Waals surface area contributed by atoms with Crippen molar-refractivity contribution < 1.29 is 0 Å². The fourth-order valence-corrected chi connectivity index (χ4v) is 7.73. The van der Waals surface area contributed by atoms with Crippen LogP contribution in [-0.2, 0) is 0 Å². The molecule has 0 fully saturated rings. The fraction of sp³-hybridized carbons (Fsp3) is 0.0256. The molecule has 0 radical (unpaired) electrons. The summed E-state index contributed by atoms with van der Waals surface area (Å²) in [5.41, 5.74) is 7.94. The van der Waals surface area contributed by atoms with Gasteiger partial charge in [0.2, 0.25) is 0 Å². The van der Waals surface area contributed by atoms with Crippen molar-refractivity contribution in [2.45, 2.75) is 6.17 Å². The van der Waals surface area contributed by atoms with Gasteiger partial charge in [0, 0.05) is 47.8 Å². The molecule has 6 aromatic carbocycles. The van der Waals surface area contributed by atoms with Crippen LogP contribution in [0.5, 0.6) is 0 Å². The summed E-state index contributed by atoms with van der Waals surface area (Å²) in [5, 5.41) is 8.45. The zero-order valence-corrected chi connectivity index (χ0v) is 24.5. The molecule has 5 heteroatoms. The Morgan fingerprint density at radius 2 is 1.34 bits per heavy atom. The molecule has 0 saturated carbocycles. The van der Waals surface area contributed by atoms with Crippen molar-refractivity contribution in [1.29, 1.82) is 0 Å². The molecule has 44 heavy (non-hydrogen) atoms. The summed E-state index contributed by atoms with van der Waals surface area (Å²) < 4.78 is 5.03. The van der Waals surface area contributed by atoms with Gasteiger partial charge in [-0.05, 0) is 47.5 Å². The normalized spacial score (nSPS) is 14.8. The van der Waals surface area contributed by atoms with Crippen LogP contribution in [0.2, 0.25) is 0 Å². The number of rotatable bonds is 4. The van der Waals surface area contributed by atoms with E-state index in [1.165, 1.54) is 42.0 Å². The molecular formula is C39H26N4S. The Bertz CT molecular complexity index is 2420. The van der Waals surface area contributed by atoms with Gasteiger partial charge in [0.15, 0.2) is 6.17 Å². The first kappa shape index (κ1) is 25.0. The number of benzene rings is 6. The average Bonchev–Trinajstić information content (AvgIpc) is 3.64. The van der Waals surface area contributed by atoms with Crippen molar-refractivity contribution in [1.82, 2.24) is 9.88 Å². The van der Waals surface area contributed by atoms with Crippen LogP contribution < -0.4 is 5.32 Å². The minimum atomic E-state index is -0.345. The lowest BCUT2D eigenvalue weighted by Crippen LogP contribution is -2.27. The van der Waals surface area contributed by atoms with Crippen molar-refractivity contribution in [2.75, 3.05) is 0 Å². The Kier molecular flexibility index (Phi) is 5.71. The van der Waals surface area contributed by atoms with E-state index in [1.807, 2.05) is 17.4 Å². The number of nitrogens with one attached hydrogen (secondary N) is 1. The number of fused-ring (bicyclic) bond motifs is 7. The van der Waals surface area contributed by atoms with Crippen LogP contribution in [-0.4, -0.2) is 16.7 Å². The summed E-state index contributed by atoms with van der Waals surface area (Å²) in [6.07, 6.45) is 1.43. The molecule has 0 saturated heterocycles. The molecule has 0 spiro atoms. The number of hydrogen-bond acceptors (Lipinski definition) is 4. The molecule has 1 N–H and O–H groups in total. The van der Waals surface area contributed by atoms with Crippen LogP contribution in [0, 0.1) is 0 Å². The third-order valence-corrected chi connectivity index (χ3v) is 9.73. The molecule has 8 aromatic rings. The molecule has 208 valence electrons. The highest BCUT2D eigenvalue weighted by Gasteiger charge is 2.21. The number of aromatic nitrogens is 1. The minimum Gasteiger partial charge on any atom is -0.331 e. The molecule has 0 bridgehead atoms. The second-order valence-corrected chi connectivity index (χ2v) is 12.2. The van der Waals surface area contributed by atoms with Crippen LogP contribution in [0.3, 0.4) is 0 Å². The molecule has 3 heterocycles. The summed E-state index contributed by atoms with van der Waals surface area (Å²) in [4.78, 5) is 9.87. The summed E-state index contributed by atoms with van der Waals surface area (Å²) in [5.74, 6) is 0.818. The van der Waals surface area contributed by atoms with Crippen LogP contribution in [0.1, 0.15) is 17.3 Å². The Labute approximate surface area is 258 Å². The predicted molar refractivity (Wildman–Crippen MR) is 186 cm³/mol. The van der Waals surface area contributed by atoms with Crippen molar-refractivity contribution in [3.05, 3.63) is 151 Å². The van der Waals surface area contributed by atoms with Gasteiger partial charge in [0.25, 0.3) is 0 Å². The Balaban J connectivity index is 1.21. The van der Waals surface area contributed by atoms with Gasteiger partial charge in [-0.2, -0.15) is 0 Å². The molecule has 1 aliphatic heterocycles. The zero-order chi connectivity index (χ0) is 29.0. The lowest BCUT2D eigenvalue weighted by molar-refractivity contribution is 0.763. The SMILES string of the molecule is C1=NC(c2ccc3c4c5sc6ccccc6c5ccc4n(-c4ccccc4)c3c2)N=C(c2cccc(-c3ccccc3)c2)N1. The lowest BCUT2D eigenvalue weighted by Gasteiger charge is -2.18. The highest BCUT2D eigenvalue weighted by Crippen LogP contribution is 2.43. The highest BCUT2D eigenvalue weighted by molar-refractivity contribution is 7.26. The first-order valence-corrected chi connectivity index (χ1v) is 15.6. The number of aliphatic imine (C=N–C) groups is 2. The largest absolute Gasteiger partial charge is 0.331 e. The van der Waals surface area contributed by atoms with E-state index < -0.39 is 0 Å². The first-order valence-electron chi connectivity index (χ1n) is 14.8. The summed E-state index contributed by atoms with van der Waals surface area (Å²) in [7, 11) is 0. The maximum absolute atomic E-state index is 5.10. The Hall–Kier alpha value is -5.52. The molecule has 2 aromatic heterocycles. The topological polar surface area (TPSA) is 41.7 Å². The van der Waals surface area contributed by atoms with E-state index in [0.717, 1.165) is 33.7 Å². The molecule has 4 nitrogen and oxygen atoms in total. The maximum atomic E-state index is 5.10. The molecule has 9 rings (SSSR count). The number of amidine groups is 1. The molecule has 1 atom stereocenters. The number of para-hydroxylation sites is 1. The van der Waals surface area contributed by atoms with Gasteiger partial charge >= 0.3 is 0 Å². The second kappa shape index (κ2) is 10.0. The summed E-state index contributed by atoms with van der Waals surface area (Å²) >= 11 is 1.88. The van der Waals surface area contributed by atoms with Gasteiger partial charge in [0.05, 0.1) is 17.4 Å². The van der Waals surface area contributed by atoms with E-state index in [9.17, 15) is 0 Å². The Morgan fingerprint density at radius 3 is 2.23 bits per heavy atom. The van der Waals surface area contributed by atoms with Crippen LogP contribution >= 0.6 is 11.3 Å². The molecule has 1 unspecified atom stereocenters. The number of nitrogens with zero attached hydrogens (tertiary/aromatic N) is 3. The first-order chi connectivity index (χ1) is 21.8. The predicted octanol–water partition coefficient (Wildman–Crippen LogP) is 9.90. The van der Waals surface area contributed by atoms with Crippen molar-refractivity contribution in [3.8, 4) is 16.8 Å². The molecular weight excluding hydrogens is 557 g/mol.